The normalized spacial score (nSPS) is 11.9. The summed E-state index contributed by atoms with van der Waals surface area (Å²) in [6.45, 7) is 3.79. The molecule has 0 atom stereocenters. The van der Waals surface area contributed by atoms with Crippen molar-refractivity contribution >= 4 is 33.9 Å². The van der Waals surface area contributed by atoms with E-state index in [0.29, 0.717) is 16.8 Å². The van der Waals surface area contributed by atoms with E-state index in [9.17, 15) is 19.5 Å². The first-order valence-corrected chi connectivity index (χ1v) is 10.9. The molecule has 4 aromatic rings. The maximum atomic E-state index is 13.3. The van der Waals surface area contributed by atoms with Gasteiger partial charge >= 0.3 is 11.7 Å². The summed E-state index contributed by atoms with van der Waals surface area (Å²) in [5, 5.41) is 10.6. The molecule has 2 aromatic heterocycles. The maximum Gasteiger partial charge on any atom is 0.332 e. The van der Waals surface area contributed by atoms with E-state index in [1.54, 1.807) is 12.1 Å². The van der Waals surface area contributed by atoms with Gasteiger partial charge in [0.1, 0.15) is 6.54 Å². The van der Waals surface area contributed by atoms with Gasteiger partial charge < -0.3 is 9.67 Å². The molecule has 0 aliphatic heterocycles. The van der Waals surface area contributed by atoms with Crippen molar-refractivity contribution < 1.29 is 9.90 Å². The third kappa shape index (κ3) is 4.39. The Morgan fingerprint density at radius 3 is 2.52 bits per heavy atom. The van der Waals surface area contributed by atoms with Crippen LogP contribution in [0.1, 0.15) is 31.4 Å². The lowest BCUT2D eigenvalue weighted by molar-refractivity contribution is -0.137. The molecule has 0 saturated carbocycles. The second-order valence-corrected chi connectivity index (χ2v) is 8.74. The molecule has 1 N–H and O–H groups in total. The predicted molar refractivity (Wildman–Crippen MR) is 131 cm³/mol. The molecule has 33 heavy (non-hydrogen) atoms. The fraction of sp³-hybridized carbons (Fsp3) is 0.269. The standard InChI is InChI=1S/C26H27N3O4/c1-17(2)7-6-8-18-11-12-23-21(13-18)25(32)29(16-24(30)31)26(33)28(23)15-19-14-27(3)22-10-5-4-9-20(19)22/h4-6,8-14,17H,7,15-16H2,1-3H3,(H,30,31)/b8-6+. The van der Waals surface area contributed by atoms with Crippen LogP contribution in [0.2, 0.25) is 0 Å². The van der Waals surface area contributed by atoms with Crippen molar-refractivity contribution in [1.29, 1.82) is 0 Å². The highest BCUT2D eigenvalue weighted by molar-refractivity contribution is 5.85. The summed E-state index contributed by atoms with van der Waals surface area (Å²) >= 11 is 0. The minimum atomic E-state index is -1.24. The van der Waals surface area contributed by atoms with E-state index in [-0.39, 0.29) is 6.54 Å². The fourth-order valence-electron chi connectivity index (χ4n) is 4.17. The fourth-order valence-corrected chi connectivity index (χ4v) is 4.17. The minimum absolute atomic E-state index is 0.221. The second-order valence-electron chi connectivity index (χ2n) is 8.74. The number of hydrogen-bond donors (Lipinski definition) is 1. The first kappa shape index (κ1) is 22.3. The molecule has 0 spiro atoms. The summed E-state index contributed by atoms with van der Waals surface area (Å²) in [5.74, 6) is -0.723. The monoisotopic (exact) mass is 445 g/mol. The first-order valence-electron chi connectivity index (χ1n) is 10.9. The molecule has 0 fully saturated rings. The van der Waals surface area contributed by atoms with E-state index >= 15 is 0 Å². The third-order valence-electron chi connectivity index (χ3n) is 5.77. The van der Waals surface area contributed by atoms with E-state index in [1.807, 2.05) is 60.3 Å². The number of carboxylic acid groups (broad SMARTS) is 1. The molecule has 0 amide bonds. The Bertz CT molecular complexity index is 1500. The molecular weight excluding hydrogens is 418 g/mol. The molecule has 0 aliphatic rings. The molecule has 0 radical (unpaired) electrons. The SMILES string of the molecule is CC(C)C/C=C/c1ccc2c(c1)c(=O)n(CC(=O)O)c(=O)n2Cc1cn(C)c2ccccc12. The maximum absolute atomic E-state index is 13.3. The topological polar surface area (TPSA) is 86.2 Å². The minimum Gasteiger partial charge on any atom is -0.480 e. The van der Waals surface area contributed by atoms with Crippen LogP contribution in [0.4, 0.5) is 0 Å². The van der Waals surface area contributed by atoms with Gasteiger partial charge in [-0.3, -0.25) is 14.2 Å². The van der Waals surface area contributed by atoms with Crippen molar-refractivity contribution in [2.75, 3.05) is 0 Å². The number of para-hydroxylation sites is 1. The van der Waals surface area contributed by atoms with Crippen LogP contribution < -0.4 is 11.2 Å². The summed E-state index contributed by atoms with van der Waals surface area (Å²) in [4.78, 5) is 37.8. The number of fused-ring (bicyclic) bond motifs is 2. The second kappa shape index (κ2) is 8.94. The summed E-state index contributed by atoms with van der Waals surface area (Å²) in [7, 11) is 1.94. The quantitative estimate of drug-likeness (QED) is 0.468. The van der Waals surface area contributed by atoms with Crippen molar-refractivity contribution in [2.24, 2.45) is 13.0 Å². The number of carbonyl (C=O) groups is 1. The molecular formula is C26H27N3O4. The van der Waals surface area contributed by atoms with Crippen LogP contribution in [-0.2, 0) is 24.9 Å². The van der Waals surface area contributed by atoms with E-state index in [1.165, 1.54) is 4.57 Å². The Morgan fingerprint density at radius 1 is 1.03 bits per heavy atom. The number of carboxylic acids is 1. The highest BCUT2D eigenvalue weighted by Crippen LogP contribution is 2.22. The Morgan fingerprint density at radius 2 is 1.79 bits per heavy atom. The number of benzene rings is 2. The van der Waals surface area contributed by atoms with Gasteiger partial charge in [0.05, 0.1) is 17.4 Å². The number of hydrogen-bond acceptors (Lipinski definition) is 3. The summed E-state index contributed by atoms with van der Waals surface area (Å²) in [5.41, 5.74) is 2.04. The molecule has 2 aromatic carbocycles. The van der Waals surface area contributed by atoms with Gasteiger partial charge in [0, 0.05) is 24.1 Å². The largest absolute Gasteiger partial charge is 0.480 e. The number of aromatic nitrogens is 3. The van der Waals surface area contributed by atoms with Crippen LogP contribution in [-0.4, -0.2) is 24.8 Å². The number of allylic oxidation sites excluding steroid dienone is 1. The van der Waals surface area contributed by atoms with Gasteiger partial charge in [0.25, 0.3) is 5.56 Å². The first-order chi connectivity index (χ1) is 15.8. The highest BCUT2D eigenvalue weighted by atomic mass is 16.4. The van der Waals surface area contributed by atoms with Crippen molar-refractivity contribution in [3.63, 3.8) is 0 Å². The summed E-state index contributed by atoms with van der Waals surface area (Å²) in [6, 6.07) is 13.3. The molecule has 4 rings (SSSR count). The molecule has 7 heteroatoms. The number of aliphatic carboxylic acids is 1. The summed E-state index contributed by atoms with van der Waals surface area (Å²) in [6.07, 6.45) is 6.86. The van der Waals surface area contributed by atoms with Gasteiger partial charge in [-0.05, 0) is 41.7 Å². The van der Waals surface area contributed by atoms with Gasteiger partial charge in [-0.1, -0.05) is 50.3 Å². The van der Waals surface area contributed by atoms with Crippen molar-refractivity contribution in [2.45, 2.75) is 33.4 Å². The van der Waals surface area contributed by atoms with Crippen LogP contribution in [0.3, 0.4) is 0 Å². The lowest BCUT2D eigenvalue weighted by Gasteiger charge is -2.13. The highest BCUT2D eigenvalue weighted by Gasteiger charge is 2.17. The van der Waals surface area contributed by atoms with E-state index in [4.69, 9.17) is 0 Å². The zero-order chi connectivity index (χ0) is 23.7. The lowest BCUT2D eigenvalue weighted by Crippen LogP contribution is -2.41. The number of rotatable bonds is 7. The number of nitrogens with zero attached hydrogens (tertiary/aromatic N) is 3. The molecule has 0 unspecified atom stereocenters. The van der Waals surface area contributed by atoms with Crippen LogP contribution in [0.25, 0.3) is 27.9 Å². The van der Waals surface area contributed by atoms with E-state index < -0.39 is 23.8 Å². The average Bonchev–Trinajstić information content (AvgIpc) is 3.09. The zero-order valence-electron chi connectivity index (χ0n) is 19.0. The smallest absolute Gasteiger partial charge is 0.332 e. The predicted octanol–water partition coefficient (Wildman–Crippen LogP) is 3.85. The Balaban J connectivity index is 1.92. The van der Waals surface area contributed by atoms with Crippen LogP contribution >= 0.6 is 0 Å². The molecule has 7 nitrogen and oxygen atoms in total. The van der Waals surface area contributed by atoms with Gasteiger partial charge in [0.2, 0.25) is 0 Å². The lowest BCUT2D eigenvalue weighted by atomic mass is 10.1. The van der Waals surface area contributed by atoms with Crippen LogP contribution in [0, 0.1) is 5.92 Å². The van der Waals surface area contributed by atoms with Gasteiger partial charge in [-0.25, -0.2) is 9.36 Å². The molecule has 0 bridgehead atoms. The molecule has 170 valence electrons. The molecule has 0 aliphatic carbocycles. The van der Waals surface area contributed by atoms with Crippen LogP contribution in [0.5, 0.6) is 0 Å². The van der Waals surface area contributed by atoms with Crippen LogP contribution in [0.15, 0.2) is 64.3 Å². The Labute approximate surface area is 190 Å². The van der Waals surface area contributed by atoms with Crippen molar-refractivity contribution in [3.05, 3.63) is 86.7 Å². The van der Waals surface area contributed by atoms with Gasteiger partial charge in [0.15, 0.2) is 0 Å². The van der Waals surface area contributed by atoms with Crippen molar-refractivity contribution in [3.8, 4) is 0 Å². The Kier molecular flexibility index (Phi) is 6.05. The van der Waals surface area contributed by atoms with Crippen molar-refractivity contribution in [1.82, 2.24) is 13.7 Å². The summed E-state index contributed by atoms with van der Waals surface area (Å²) < 4.78 is 4.28. The zero-order valence-corrected chi connectivity index (χ0v) is 19.0. The van der Waals surface area contributed by atoms with Gasteiger partial charge in [-0.15, -0.1) is 0 Å². The molecule has 0 saturated heterocycles. The average molecular weight is 446 g/mol. The Hall–Kier alpha value is -3.87. The third-order valence-corrected chi connectivity index (χ3v) is 5.77. The van der Waals surface area contributed by atoms with E-state index in [2.05, 4.69) is 13.8 Å². The van der Waals surface area contributed by atoms with Gasteiger partial charge in [-0.2, -0.15) is 0 Å². The van der Waals surface area contributed by atoms with E-state index in [0.717, 1.165) is 33.0 Å². The number of aryl methyl sites for hydroxylation is 1. The molecule has 2 heterocycles.